The molecule has 6 heteroatoms. The molecule has 0 saturated carbocycles. The molecule has 2 aromatic carbocycles. The maximum absolute atomic E-state index is 13.3. The van der Waals surface area contributed by atoms with E-state index in [9.17, 15) is 4.79 Å². The van der Waals surface area contributed by atoms with Crippen molar-refractivity contribution in [3.8, 4) is 0 Å². The summed E-state index contributed by atoms with van der Waals surface area (Å²) < 4.78 is 7.35. The Bertz CT molecular complexity index is 901. The molecule has 4 rings (SSSR count). The van der Waals surface area contributed by atoms with Crippen molar-refractivity contribution in [3.05, 3.63) is 83.4 Å². The minimum Gasteiger partial charge on any atom is -0.377 e. The van der Waals surface area contributed by atoms with Crippen LogP contribution >= 0.6 is 0 Å². The van der Waals surface area contributed by atoms with Crippen molar-refractivity contribution in [1.29, 1.82) is 0 Å². The fourth-order valence-electron chi connectivity index (χ4n) is 4.00. The fourth-order valence-corrected chi connectivity index (χ4v) is 4.00. The molecule has 0 fully saturated rings. The van der Waals surface area contributed by atoms with E-state index < -0.39 is 0 Å². The van der Waals surface area contributed by atoms with Crippen molar-refractivity contribution in [2.45, 2.75) is 44.4 Å². The van der Waals surface area contributed by atoms with E-state index >= 15 is 0 Å². The zero-order chi connectivity index (χ0) is 20.1. The molecule has 0 aliphatic carbocycles. The smallest absolute Gasteiger partial charge is 0.232 e. The van der Waals surface area contributed by atoms with Crippen LogP contribution in [-0.2, 0) is 29.1 Å². The van der Waals surface area contributed by atoms with Crippen LogP contribution in [0.2, 0.25) is 0 Å². The average molecular weight is 390 g/mol. The molecular formula is C23H26N4O2. The van der Waals surface area contributed by atoms with Gasteiger partial charge >= 0.3 is 0 Å². The highest BCUT2D eigenvalue weighted by molar-refractivity contribution is 5.87. The maximum atomic E-state index is 13.3. The summed E-state index contributed by atoms with van der Waals surface area (Å²) in [5.74, 6) is 1.54. The van der Waals surface area contributed by atoms with E-state index in [-0.39, 0.29) is 17.9 Å². The van der Waals surface area contributed by atoms with Crippen LogP contribution in [0, 0.1) is 0 Å². The predicted octanol–water partition coefficient (Wildman–Crippen LogP) is 3.08. The van der Waals surface area contributed by atoms with Gasteiger partial charge in [-0.25, -0.2) is 0 Å². The van der Waals surface area contributed by atoms with Gasteiger partial charge in [-0.3, -0.25) is 4.79 Å². The molecule has 1 aliphatic rings. The molecule has 1 aromatic heterocycles. The number of nitrogens with one attached hydrogen (secondary N) is 1. The lowest BCUT2D eigenvalue weighted by molar-refractivity contribution is -0.122. The van der Waals surface area contributed by atoms with Crippen LogP contribution in [0.5, 0.6) is 0 Å². The Morgan fingerprint density at radius 2 is 1.72 bits per heavy atom. The van der Waals surface area contributed by atoms with E-state index in [4.69, 9.17) is 4.74 Å². The Morgan fingerprint density at radius 1 is 1.07 bits per heavy atom. The summed E-state index contributed by atoms with van der Waals surface area (Å²) in [6.07, 6.45) is 2.50. The zero-order valence-corrected chi connectivity index (χ0v) is 16.6. The second-order valence-corrected chi connectivity index (χ2v) is 7.40. The highest BCUT2D eigenvalue weighted by atomic mass is 16.5. The van der Waals surface area contributed by atoms with Crippen LogP contribution in [0.4, 0.5) is 0 Å². The number of aromatic nitrogens is 3. The first-order valence-corrected chi connectivity index (χ1v) is 10.1. The molecule has 1 unspecified atom stereocenters. The van der Waals surface area contributed by atoms with Gasteiger partial charge in [-0.05, 0) is 24.0 Å². The number of ether oxygens (including phenoxy) is 1. The zero-order valence-electron chi connectivity index (χ0n) is 16.6. The number of amides is 1. The number of hydrogen-bond acceptors (Lipinski definition) is 4. The average Bonchev–Trinajstić information content (AvgIpc) is 3.02. The first kappa shape index (κ1) is 19.3. The van der Waals surface area contributed by atoms with Crippen molar-refractivity contribution in [1.82, 2.24) is 20.1 Å². The van der Waals surface area contributed by atoms with Gasteiger partial charge in [-0.1, -0.05) is 60.7 Å². The van der Waals surface area contributed by atoms with Gasteiger partial charge in [0.1, 0.15) is 12.4 Å². The Labute approximate surface area is 170 Å². The summed E-state index contributed by atoms with van der Waals surface area (Å²) in [4.78, 5) is 13.3. The molecule has 0 radical (unpaired) electrons. The van der Waals surface area contributed by atoms with Gasteiger partial charge in [0.2, 0.25) is 5.91 Å². The third kappa shape index (κ3) is 4.38. The lowest BCUT2D eigenvalue weighted by Crippen LogP contribution is -2.38. The van der Waals surface area contributed by atoms with Gasteiger partial charge in [-0.2, -0.15) is 0 Å². The molecule has 1 aliphatic heterocycles. The lowest BCUT2D eigenvalue weighted by Gasteiger charge is -2.22. The van der Waals surface area contributed by atoms with Crippen molar-refractivity contribution in [3.63, 3.8) is 0 Å². The Balaban J connectivity index is 1.50. The second kappa shape index (κ2) is 9.01. The number of carbonyl (C=O) groups is 1. The van der Waals surface area contributed by atoms with Crippen molar-refractivity contribution in [2.75, 3.05) is 7.11 Å². The van der Waals surface area contributed by atoms with E-state index in [0.717, 1.165) is 48.6 Å². The minimum absolute atomic E-state index is 0.0437. The van der Waals surface area contributed by atoms with Crippen LogP contribution in [-0.4, -0.2) is 33.8 Å². The van der Waals surface area contributed by atoms with E-state index in [2.05, 4.69) is 20.1 Å². The van der Waals surface area contributed by atoms with E-state index in [1.54, 1.807) is 7.11 Å². The van der Waals surface area contributed by atoms with Crippen molar-refractivity contribution < 1.29 is 9.53 Å². The lowest BCUT2D eigenvalue weighted by atomic mass is 9.90. The monoisotopic (exact) mass is 390 g/mol. The molecule has 1 amide bonds. The standard InChI is InChI=1S/C23H26N4O2/c1-29-16-21-26-25-20-13-12-19(14-15-27(20)21)24-23(28)22(17-8-4-2-5-9-17)18-10-6-3-7-11-18/h2-11,19,22H,12-16H2,1H3,(H,24,28). The number of benzene rings is 2. The molecule has 29 heavy (non-hydrogen) atoms. The van der Waals surface area contributed by atoms with Crippen molar-refractivity contribution in [2.24, 2.45) is 0 Å². The normalized spacial score (nSPS) is 16.3. The number of nitrogens with zero attached hydrogens (tertiary/aromatic N) is 3. The molecule has 1 atom stereocenters. The predicted molar refractivity (Wildman–Crippen MR) is 110 cm³/mol. The van der Waals surface area contributed by atoms with Crippen molar-refractivity contribution >= 4 is 5.91 Å². The van der Waals surface area contributed by atoms with Crippen LogP contribution < -0.4 is 5.32 Å². The Kier molecular flexibility index (Phi) is 6.00. The minimum atomic E-state index is -0.316. The molecule has 150 valence electrons. The first-order chi connectivity index (χ1) is 14.3. The van der Waals surface area contributed by atoms with Gasteiger partial charge in [0.15, 0.2) is 5.82 Å². The summed E-state index contributed by atoms with van der Waals surface area (Å²) in [7, 11) is 1.66. The van der Waals surface area contributed by atoms with Gasteiger partial charge in [0.25, 0.3) is 0 Å². The summed E-state index contributed by atoms with van der Waals surface area (Å²) in [5, 5.41) is 11.8. The fraction of sp³-hybridized carbons (Fsp3) is 0.348. The maximum Gasteiger partial charge on any atom is 0.232 e. The molecular weight excluding hydrogens is 364 g/mol. The summed E-state index contributed by atoms with van der Waals surface area (Å²) in [6.45, 7) is 1.24. The summed E-state index contributed by atoms with van der Waals surface area (Å²) in [5.41, 5.74) is 2.01. The number of rotatable bonds is 6. The SMILES string of the molecule is COCc1nnc2n1CCC(NC(=O)C(c1ccccc1)c1ccccc1)CC2. The van der Waals surface area contributed by atoms with Crippen LogP contribution in [0.15, 0.2) is 60.7 Å². The second-order valence-electron chi connectivity index (χ2n) is 7.40. The topological polar surface area (TPSA) is 69.0 Å². The Hall–Kier alpha value is -2.99. The third-order valence-electron chi connectivity index (χ3n) is 5.47. The van der Waals surface area contributed by atoms with E-state index in [1.807, 2.05) is 60.7 Å². The highest BCUT2D eigenvalue weighted by Gasteiger charge is 2.27. The molecule has 0 spiro atoms. The number of aryl methyl sites for hydroxylation is 1. The number of carbonyl (C=O) groups excluding carboxylic acids is 1. The van der Waals surface area contributed by atoms with Gasteiger partial charge in [0.05, 0.1) is 5.92 Å². The Morgan fingerprint density at radius 3 is 2.34 bits per heavy atom. The number of methoxy groups -OCH3 is 1. The molecule has 0 saturated heterocycles. The first-order valence-electron chi connectivity index (χ1n) is 10.1. The number of hydrogen-bond donors (Lipinski definition) is 1. The van der Waals surface area contributed by atoms with Gasteiger partial charge in [-0.15, -0.1) is 10.2 Å². The van der Waals surface area contributed by atoms with E-state index in [1.165, 1.54) is 0 Å². The highest BCUT2D eigenvalue weighted by Crippen LogP contribution is 2.26. The summed E-state index contributed by atoms with van der Waals surface area (Å²) in [6, 6.07) is 20.0. The van der Waals surface area contributed by atoms with Crippen LogP contribution in [0.1, 0.15) is 41.5 Å². The van der Waals surface area contributed by atoms with E-state index in [0.29, 0.717) is 6.61 Å². The van der Waals surface area contributed by atoms with Gasteiger partial charge < -0.3 is 14.6 Å². The molecule has 6 nitrogen and oxygen atoms in total. The largest absolute Gasteiger partial charge is 0.377 e. The molecule has 0 bridgehead atoms. The van der Waals surface area contributed by atoms with Crippen LogP contribution in [0.25, 0.3) is 0 Å². The molecule has 1 N–H and O–H groups in total. The third-order valence-corrected chi connectivity index (χ3v) is 5.47. The van der Waals surface area contributed by atoms with Gasteiger partial charge in [0, 0.05) is 26.1 Å². The number of fused-ring (bicyclic) bond motifs is 1. The summed E-state index contributed by atoms with van der Waals surface area (Å²) >= 11 is 0. The molecule has 2 heterocycles. The molecule has 3 aromatic rings. The quantitative estimate of drug-likeness (QED) is 0.702. The van der Waals surface area contributed by atoms with Crippen LogP contribution in [0.3, 0.4) is 0 Å².